The van der Waals surface area contributed by atoms with E-state index in [0.717, 1.165) is 42.4 Å². The molecule has 0 spiro atoms. The maximum Gasteiger partial charge on any atom is 0.268 e. The van der Waals surface area contributed by atoms with Crippen LogP contribution in [0.2, 0.25) is 0 Å². The van der Waals surface area contributed by atoms with Crippen molar-refractivity contribution in [2.75, 3.05) is 0 Å². The Morgan fingerprint density at radius 3 is 2.17 bits per heavy atom. The quantitative estimate of drug-likeness (QED) is 0.471. The predicted molar refractivity (Wildman–Crippen MR) is 119 cm³/mol. The van der Waals surface area contributed by atoms with Crippen LogP contribution in [0.1, 0.15) is 55.2 Å². The molecule has 0 saturated heterocycles. The number of hydrogen-bond donors (Lipinski definition) is 0. The number of amides is 2. The van der Waals surface area contributed by atoms with Crippen LogP contribution in [0, 0.1) is 6.92 Å². The van der Waals surface area contributed by atoms with Gasteiger partial charge in [-0.3, -0.25) is 14.5 Å². The highest BCUT2D eigenvalue weighted by molar-refractivity contribution is 8.03. The maximum absolute atomic E-state index is 13.5. The highest BCUT2D eigenvalue weighted by Gasteiger charge is 2.42. The molecule has 0 unspecified atom stereocenters. The van der Waals surface area contributed by atoms with E-state index in [0.29, 0.717) is 16.2 Å². The Kier molecular flexibility index (Phi) is 6.19. The molecular formula is C25H27NO2S. The maximum atomic E-state index is 13.5. The Morgan fingerprint density at radius 1 is 0.862 bits per heavy atom. The Hall–Kier alpha value is -2.33. The normalized spacial score (nSPS) is 18.4. The van der Waals surface area contributed by atoms with Crippen LogP contribution in [0.15, 0.2) is 59.5 Å². The van der Waals surface area contributed by atoms with Gasteiger partial charge in [-0.15, -0.1) is 11.8 Å². The number of hydrogen-bond acceptors (Lipinski definition) is 3. The molecule has 1 saturated carbocycles. The first-order chi connectivity index (χ1) is 14.1. The summed E-state index contributed by atoms with van der Waals surface area (Å²) in [6.07, 6.45) is 6.42. The van der Waals surface area contributed by atoms with E-state index in [1.165, 1.54) is 24.6 Å². The molecule has 0 N–H and O–H groups in total. The summed E-state index contributed by atoms with van der Waals surface area (Å²) in [5.74, 6) is 0.475. The van der Waals surface area contributed by atoms with Crippen molar-refractivity contribution in [3.63, 3.8) is 0 Å². The smallest absolute Gasteiger partial charge is 0.268 e. The molecule has 0 atom stereocenters. The number of imide groups is 1. The lowest BCUT2D eigenvalue weighted by Crippen LogP contribution is -2.40. The second-order valence-corrected chi connectivity index (χ2v) is 8.96. The molecule has 0 bridgehead atoms. The minimum Gasteiger partial charge on any atom is -0.271 e. The Bertz CT molecular complexity index is 910. The molecule has 2 aromatic carbocycles. The van der Waals surface area contributed by atoms with Gasteiger partial charge in [0.1, 0.15) is 0 Å². The van der Waals surface area contributed by atoms with Crippen LogP contribution in [-0.2, 0) is 15.3 Å². The van der Waals surface area contributed by atoms with Crippen LogP contribution in [0.5, 0.6) is 0 Å². The summed E-state index contributed by atoms with van der Waals surface area (Å²) < 4.78 is 0. The van der Waals surface area contributed by atoms with Crippen LogP contribution in [0.3, 0.4) is 0 Å². The molecule has 2 amide bonds. The molecule has 4 heteroatoms. The van der Waals surface area contributed by atoms with Crippen LogP contribution in [0.4, 0.5) is 0 Å². The molecule has 1 fully saturated rings. The summed E-state index contributed by atoms with van der Waals surface area (Å²) in [6, 6.07) is 18.1. The number of rotatable bonds is 5. The average molecular weight is 406 g/mol. The Labute approximate surface area is 177 Å². The monoisotopic (exact) mass is 405 g/mol. The number of carbonyl (C=O) groups is 2. The van der Waals surface area contributed by atoms with Crippen molar-refractivity contribution in [3.8, 4) is 0 Å². The first kappa shape index (κ1) is 20.0. The highest BCUT2D eigenvalue weighted by atomic mass is 32.2. The first-order valence-electron chi connectivity index (χ1n) is 10.5. The zero-order valence-corrected chi connectivity index (χ0v) is 17.7. The van der Waals surface area contributed by atoms with E-state index in [2.05, 4.69) is 12.1 Å². The van der Waals surface area contributed by atoms with Crippen LogP contribution in [-0.4, -0.2) is 22.8 Å². The fraction of sp³-hybridized carbons (Fsp3) is 0.360. The van der Waals surface area contributed by atoms with Gasteiger partial charge in [0.05, 0.1) is 10.5 Å². The van der Waals surface area contributed by atoms with E-state index in [1.54, 1.807) is 4.90 Å². The van der Waals surface area contributed by atoms with Crippen molar-refractivity contribution in [1.29, 1.82) is 0 Å². The number of thioether (sulfide) groups is 1. The Balaban J connectivity index is 1.67. The van der Waals surface area contributed by atoms with Crippen LogP contribution < -0.4 is 0 Å². The number of benzene rings is 2. The molecule has 1 aliphatic carbocycles. The summed E-state index contributed by atoms with van der Waals surface area (Å²) in [7, 11) is 0. The van der Waals surface area contributed by atoms with Crippen LogP contribution >= 0.6 is 11.8 Å². The summed E-state index contributed by atoms with van der Waals surface area (Å²) >= 11 is 1.50. The molecule has 0 aromatic heterocycles. The van der Waals surface area contributed by atoms with Gasteiger partial charge in [0.15, 0.2) is 0 Å². The molecule has 1 aliphatic heterocycles. The summed E-state index contributed by atoms with van der Waals surface area (Å²) in [6.45, 7) is 2.03. The Morgan fingerprint density at radius 2 is 1.52 bits per heavy atom. The van der Waals surface area contributed by atoms with Crippen LogP contribution in [0.25, 0.3) is 5.57 Å². The van der Waals surface area contributed by atoms with Gasteiger partial charge in [0, 0.05) is 11.8 Å². The third-order valence-electron chi connectivity index (χ3n) is 5.83. The zero-order valence-electron chi connectivity index (χ0n) is 16.9. The van der Waals surface area contributed by atoms with Crippen molar-refractivity contribution >= 4 is 29.1 Å². The second-order valence-electron chi connectivity index (χ2n) is 7.97. The van der Waals surface area contributed by atoms with Gasteiger partial charge in [0.2, 0.25) is 0 Å². The standard InChI is InChI=1S/C25H27NO2S/c1-18-13-15-20(16-14-18)22-23(29-17-19-9-5-4-6-10-19)25(28)26(24(22)27)21-11-7-2-3-8-12-21/h4-6,9-10,13-16,21H,2-3,7-8,11-12,17H2,1H3. The molecule has 150 valence electrons. The largest absolute Gasteiger partial charge is 0.271 e. The molecule has 0 radical (unpaired) electrons. The molecule has 2 aliphatic rings. The van der Waals surface area contributed by atoms with E-state index >= 15 is 0 Å². The molecular weight excluding hydrogens is 378 g/mol. The van der Waals surface area contributed by atoms with E-state index in [-0.39, 0.29) is 17.9 Å². The first-order valence-corrected chi connectivity index (χ1v) is 11.5. The van der Waals surface area contributed by atoms with E-state index in [9.17, 15) is 9.59 Å². The lowest BCUT2D eigenvalue weighted by Gasteiger charge is -2.25. The highest BCUT2D eigenvalue weighted by Crippen LogP contribution is 2.40. The molecule has 2 aromatic rings. The summed E-state index contributed by atoms with van der Waals surface area (Å²) in [5.41, 5.74) is 3.73. The van der Waals surface area contributed by atoms with Gasteiger partial charge in [-0.05, 0) is 30.9 Å². The minimum atomic E-state index is -0.110. The lowest BCUT2D eigenvalue weighted by molar-refractivity contribution is -0.139. The van der Waals surface area contributed by atoms with E-state index in [1.807, 2.05) is 49.4 Å². The van der Waals surface area contributed by atoms with Crippen molar-refractivity contribution < 1.29 is 9.59 Å². The van der Waals surface area contributed by atoms with Crippen molar-refractivity contribution in [2.24, 2.45) is 0 Å². The van der Waals surface area contributed by atoms with Gasteiger partial charge in [-0.2, -0.15) is 0 Å². The van der Waals surface area contributed by atoms with Crippen molar-refractivity contribution in [1.82, 2.24) is 4.90 Å². The van der Waals surface area contributed by atoms with Gasteiger partial charge in [-0.1, -0.05) is 85.8 Å². The second kappa shape index (κ2) is 9.00. The fourth-order valence-electron chi connectivity index (χ4n) is 4.21. The fourth-order valence-corrected chi connectivity index (χ4v) is 5.29. The zero-order chi connectivity index (χ0) is 20.2. The van der Waals surface area contributed by atoms with Gasteiger partial charge >= 0.3 is 0 Å². The minimum absolute atomic E-state index is 0.0350. The van der Waals surface area contributed by atoms with Gasteiger partial charge in [-0.25, -0.2) is 0 Å². The molecule has 4 rings (SSSR count). The summed E-state index contributed by atoms with van der Waals surface area (Å²) in [4.78, 5) is 29.1. The third-order valence-corrected chi connectivity index (χ3v) is 6.97. The predicted octanol–water partition coefficient (Wildman–Crippen LogP) is 5.73. The average Bonchev–Trinajstić information content (AvgIpc) is 2.90. The van der Waals surface area contributed by atoms with E-state index < -0.39 is 0 Å². The number of aryl methyl sites for hydroxylation is 1. The number of carbonyl (C=O) groups excluding carboxylic acids is 2. The number of nitrogens with zero attached hydrogens (tertiary/aromatic N) is 1. The molecule has 1 heterocycles. The third kappa shape index (κ3) is 4.32. The van der Waals surface area contributed by atoms with Crippen molar-refractivity contribution in [3.05, 3.63) is 76.2 Å². The van der Waals surface area contributed by atoms with Gasteiger partial charge in [0.25, 0.3) is 11.8 Å². The lowest BCUT2D eigenvalue weighted by atomic mass is 10.0. The topological polar surface area (TPSA) is 37.4 Å². The van der Waals surface area contributed by atoms with E-state index in [4.69, 9.17) is 0 Å². The summed E-state index contributed by atoms with van der Waals surface area (Å²) in [5, 5.41) is 0. The molecule has 3 nitrogen and oxygen atoms in total. The molecule has 29 heavy (non-hydrogen) atoms. The van der Waals surface area contributed by atoms with Gasteiger partial charge < -0.3 is 0 Å². The SMILES string of the molecule is Cc1ccc(C2=C(SCc3ccccc3)C(=O)N(C3CCCCCC3)C2=O)cc1. The van der Waals surface area contributed by atoms with Crippen molar-refractivity contribution in [2.45, 2.75) is 57.2 Å².